The van der Waals surface area contributed by atoms with Gasteiger partial charge in [0.15, 0.2) is 11.2 Å². The molecule has 4 aliphatic rings. The summed E-state index contributed by atoms with van der Waals surface area (Å²) in [6.45, 7) is 33.1. The van der Waals surface area contributed by atoms with Gasteiger partial charge in [-0.05, 0) is 96.6 Å². The topological polar surface area (TPSA) is 89.5 Å². The van der Waals surface area contributed by atoms with Gasteiger partial charge in [0.1, 0.15) is 11.9 Å². The first kappa shape index (κ1) is 41.5. The van der Waals surface area contributed by atoms with Crippen LogP contribution in [-0.2, 0) is 37.4 Å². The maximum absolute atomic E-state index is 14.2. The zero-order chi connectivity index (χ0) is 37.4. The molecule has 1 aliphatic heterocycles. The molecule has 0 N–H and O–H groups in total. The molecule has 0 aromatic rings. The maximum atomic E-state index is 14.2. The van der Waals surface area contributed by atoms with Crippen LogP contribution in [-0.4, -0.2) is 66.9 Å². The van der Waals surface area contributed by atoms with Gasteiger partial charge in [-0.15, -0.1) is 0 Å². The monoisotopic (exact) mass is 736 g/mol. The highest BCUT2D eigenvalue weighted by atomic mass is 28.4. The Morgan fingerprint density at radius 3 is 1.66 bits per heavy atom. The van der Waals surface area contributed by atoms with E-state index in [9.17, 15) is 9.59 Å². The highest BCUT2D eigenvalue weighted by Crippen LogP contribution is 2.61. The van der Waals surface area contributed by atoms with Crippen LogP contribution in [0.15, 0.2) is 11.8 Å². The quantitative estimate of drug-likeness (QED) is 0.0990. The first-order chi connectivity index (χ1) is 23.4. The van der Waals surface area contributed by atoms with E-state index in [1.54, 1.807) is 13.8 Å². The molecule has 0 aromatic carbocycles. The average molecular weight is 737 g/mol. The first-order valence-electron chi connectivity index (χ1n) is 20.1. The standard InChI is InChI=1S/C40H72O8Si2/c1-15-43-37(41)39(38(42)44-16-2)23-31-21-35(47-49(25(3)4,26(5)6)27(7)8)36(48-50(28(9)10,29(11)12)30(13)14)22-33(31)32-17-18-40(34(32)24-39)45-19-20-46-40/h21,25-34,36H,15-20,22-24H2,1-14H3/t31-,32+,33+,34+,36-/m1/s1. The van der Waals surface area contributed by atoms with Crippen LogP contribution in [0.25, 0.3) is 0 Å². The second-order valence-electron chi connectivity index (χ2n) is 17.7. The number of carbonyl (C=O) groups excluding carboxylic acids is 2. The van der Waals surface area contributed by atoms with Gasteiger partial charge in [0.25, 0.3) is 8.32 Å². The fraction of sp³-hybridized carbons (Fsp3) is 0.900. The van der Waals surface area contributed by atoms with Crippen molar-refractivity contribution < 1.29 is 37.4 Å². The predicted molar refractivity (Wildman–Crippen MR) is 204 cm³/mol. The number of carbonyl (C=O) groups is 2. The molecule has 1 spiro atoms. The van der Waals surface area contributed by atoms with Crippen LogP contribution in [0, 0.1) is 29.1 Å². The van der Waals surface area contributed by atoms with Gasteiger partial charge in [0, 0.05) is 12.3 Å². The van der Waals surface area contributed by atoms with E-state index in [-0.39, 0.29) is 43.0 Å². The lowest BCUT2D eigenvalue weighted by Gasteiger charge is -2.50. The molecule has 0 amide bonds. The van der Waals surface area contributed by atoms with Crippen LogP contribution in [0.5, 0.6) is 0 Å². The largest absolute Gasteiger partial charge is 0.544 e. The lowest BCUT2D eigenvalue weighted by atomic mass is 9.70. The van der Waals surface area contributed by atoms with Crippen molar-refractivity contribution in [3.8, 4) is 0 Å². The van der Waals surface area contributed by atoms with E-state index in [0.717, 1.165) is 25.0 Å². The SMILES string of the molecule is CCOC(=O)C1(C(=O)OCC)C[C@H]2C=C(O[Si](C(C)C)(C(C)C)C(C)C)[C@H](O[Si](C(C)C)(C(C)C)C(C)C)C[C@@H]2[C@@H]2CCC3(OCCO3)[C@H]2C1. The van der Waals surface area contributed by atoms with Crippen LogP contribution in [0.2, 0.25) is 33.2 Å². The molecule has 8 nitrogen and oxygen atoms in total. The van der Waals surface area contributed by atoms with Crippen molar-refractivity contribution in [1.82, 2.24) is 0 Å². The number of rotatable bonds is 14. The van der Waals surface area contributed by atoms with Crippen molar-refractivity contribution in [3.63, 3.8) is 0 Å². The summed E-state index contributed by atoms with van der Waals surface area (Å²) in [6.07, 6.45) is 5.19. The summed E-state index contributed by atoms with van der Waals surface area (Å²) in [5.74, 6) is -0.762. The first-order valence-corrected chi connectivity index (χ1v) is 24.4. The van der Waals surface area contributed by atoms with Crippen molar-refractivity contribution in [2.45, 2.75) is 174 Å². The molecular formula is C40H72O8Si2. The zero-order valence-corrected chi connectivity index (χ0v) is 36.1. The van der Waals surface area contributed by atoms with E-state index in [4.69, 9.17) is 27.8 Å². The Hall–Kier alpha value is -1.21. The predicted octanol–water partition coefficient (Wildman–Crippen LogP) is 9.93. The van der Waals surface area contributed by atoms with Crippen molar-refractivity contribution in [3.05, 3.63) is 11.8 Å². The van der Waals surface area contributed by atoms with Gasteiger partial charge in [0.05, 0.1) is 26.4 Å². The number of hydrogen-bond acceptors (Lipinski definition) is 8. The smallest absolute Gasteiger partial charge is 0.323 e. The van der Waals surface area contributed by atoms with Crippen molar-refractivity contribution in [1.29, 1.82) is 0 Å². The number of esters is 2. The number of fused-ring (bicyclic) bond motifs is 4. The molecular weight excluding hydrogens is 665 g/mol. The van der Waals surface area contributed by atoms with Gasteiger partial charge in [-0.25, -0.2) is 0 Å². The summed E-state index contributed by atoms with van der Waals surface area (Å²) in [4.78, 5) is 28.5. The third-order valence-electron chi connectivity index (χ3n) is 13.5. The molecule has 0 unspecified atom stereocenters. The minimum Gasteiger partial charge on any atom is -0.544 e. The van der Waals surface area contributed by atoms with Crippen LogP contribution in [0.3, 0.4) is 0 Å². The summed E-state index contributed by atoms with van der Waals surface area (Å²) >= 11 is 0. The van der Waals surface area contributed by atoms with E-state index in [0.29, 0.717) is 59.3 Å². The Bertz CT molecular complexity index is 1140. The Labute approximate surface area is 306 Å². The molecule has 5 atom stereocenters. The summed E-state index contributed by atoms with van der Waals surface area (Å²) < 4.78 is 39.9. The van der Waals surface area contributed by atoms with Gasteiger partial charge in [-0.3, -0.25) is 9.59 Å². The van der Waals surface area contributed by atoms with Gasteiger partial charge in [-0.1, -0.05) is 83.1 Å². The Kier molecular flexibility index (Phi) is 13.3. The molecule has 3 aliphatic carbocycles. The summed E-state index contributed by atoms with van der Waals surface area (Å²) in [6, 6.07) is 0. The van der Waals surface area contributed by atoms with Gasteiger partial charge >= 0.3 is 11.9 Å². The zero-order valence-electron chi connectivity index (χ0n) is 34.1. The fourth-order valence-electron chi connectivity index (χ4n) is 11.6. The molecule has 2 saturated carbocycles. The number of hydrogen-bond donors (Lipinski definition) is 0. The van der Waals surface area contributed by atoms with Crippen molar-refractivity contribution in [2.75, 3.05) is 26.4 Å². The Morgan fingerprint density at radius 2 is 1.22 bits per heavy atom. The summed E-state index contributed by atoms with van der Waals surface area (Å²) in [5.41, 5.74) is 0.930. The van der Waals surface area contributed by atoms with E-state index < -0.39 is 39.8 Å². The van der Waals surface area contributed by atoms with E-state index in [1.165, 1.54) is 0 Å². The highest BCUT2D eigenvalue weighted by Gasteiger charge is 2.65. The third-order valence-corrected chi connectivity index (χ3v) is 25.6. The average Bonchev–Trinajstić information content (AvgIpc) is 3.60. The van der Waals surface area contributed by atoms with Crippen LogP contribution in [0.1, 0.15) is 129 Å². The molecule has 288 valence electrons. The minimum atomic E-state index is -2.40. The van der Waals surface area contributed by atoms with Gasteiger partial charge < -0.3 is 27.8 Å². The second kappa shape index (κ2) is 16.0. The van der Waals surface area contributed by atoms with Crippen LogP contribution in [0.4, 0.5) is 0 Å². The third kappa shape index (κ3) is 7.07. The molecule has 1 heterocycles. The summed E-state index contributed by atoms with van der Waals surface area (Å²) in [5, 5.41) is 0. The molecule has 0 aromatic heterocycles. The lowest BCUT2D eigenvalue weighted by molar-refractivity contribution is -0.200. The van der Waals surface area contributed by atoms with Crippen molar-refractivity contribution >= 4 is 28.6 Å². The Balaban J connectivity index is 1.98. The molecule has 3 fully saturated rings. The highest BCUT2D eigenvalue weighted by molar-refractivity contribution is 6.78. The fourth-order valence-corrected chi connectivity index (χ4v) is 22.5. The molecule has 0 bridgehead atoms. The Morgan fingerprint density at radius 1 is 0.740 bits per heavy atom. The normalized spacial score (nSPS) is 28.0. The minimum absolute atomic E-state index is 0.100. The van der Waals surface area contributed by atoms with Gasteiger partial charge in [0.2, 0.25) is 8.32 Å². The van der Waals surface area contributed by atoms with E-state index >= 15 is 0 Å². The molecule has 50 heavy (non-hydrogen) atoms. The van der Waals surface area contributed by atoms with E-state index in [1.807, 2.05) is 0 Å². The van der Waals surface area contributed by atoms with Crippen molar-refractivity contribution in [2.24, 2.45) is 29.1 Å². The second-order valence-corrected chi connectivity index (χ2v) is 28.5. The molecule has 1 saturated heterocycles. The molecule has 4 rings (SSSR count). The van der Waals surface area contributed by atoms with Crippen LogP contribution >= 0.6 is 0 Å². The van der Waals surface area contributed by atoms with Gasteiger partial charge in [-0.2, -0.15) is 0 Å². The van der Waals surface area contributed by atoms with E-state index in [2.05, 4.69) is 89.2 Å². The maximum Gasteiger partial charge on any atom is 0.323 e. The lowest BCUT2D eigenvalue weighted by Crippen LogP contribution is -2.54. The summed E-state index contributed by atoms with van der Waals surface area (Å²) in [7, 11) is -4.73. The number of allylic oxidation sites excluding steroid dienone is 1. The molecule has 10 heteroatoms. The van der Waals surface area contributed by atoms with Crippen LogP contribution < -0.4 is 0 Å². The molecule has 0 radical (unpaired) electrons. The number of ether oxygens (including phenoxy) is 4.